The first-order valence-electron chi connectivity index (χ1n) is 7.41. The van der Waals surface area contributed by atoms with Crippen molar-refractivity contribution in [2.24, 2.45) is 0 Å². The molecule has 107 valence electrons. The number of anilines is 2. The van der Waals surface area contributed by atoms with Crippen LogP contribution in [0.2, 0.25) is 0 Å². The van der Waals surface area contributed by atoms with Crippen LogP contribution in [0.5, 0.6) is 0 Å². The second-order valence-corrected chi connectivity index (χ2v) is 5.49. The van der Waals surface area contributed by atoms with Gasteiger partial charge in [0, 0.05) is 83.4 Å². The van der Waals surface area contributed by atoms with E-state index in [1.807, 2.05) is 6.07 Å². The van der Waals surface area contributed by atoms with Crippen molar-refractivity contribution < 1.29 is 32.7 Å². The summed E-state index contributed by atoms with van der Waals surface area (Å²) in [6.07, 6.45) is 3.86. The zero-order valence-corrected chi connectivity index (χ0v) is 14.9. The Balaban J connectivity index is 0.00000147. The van der Waals surface area contributed by atoms with Crippen molar-refractivity contribution in [1.29, 1.82) is 0 Å². The predicted octanol–water partition coefficient (Wildman–Crippen LogP) is 2.77. The summed E-state index contributed by atoms with van der Waals surface area (Å²) in [5.74, 6) is 0. The summed E-state index contributed by atoms with van der Waals surface area (Å²) < 4.78 is 0. The smallest absolute Gasteiger partial charge is 0.0386 e. The van der Waals surface area contributed by atoms with E-state index in [0.717, 1.165) is 45.0 Å². The molecule has 2 fully saturated rings. The molecule has 2 heterocycles. The Labute approximate surface area is 146 Å². The van der Waals surface area contributed by atoms with Crippen LogP contribution in [0.4, 0.5) is 17.1 Å². The largest absolute Gasteiger partial charge is 0.697 e. The Morgan fingerprint density at radius 3 is 2.30 bits per heavy atom. The molecule has 2 saturated heterocycles. The topological polar surface area (TPSA) is 42.3 Å². The number of nitrogens with zero attached hydrogens (tertiary/aromatic N) is 2. The molecule has 0 saturated carbocycles. The molecule has 4 nitrogen and oxygen atoms in total. The van der Waals surface area contributed by atoms with E-state index in [1.165, 1.54) is 24.9 Å². The van der Waals surface area contributed by atoms with Crippen LogP contribution in [-0.4, -0.2) is 39.3 Å². The quantitative estimate of drug-likeness (QED) is 0.894. The molecule has 0 amide bonds. The van der Waals surface area contributed by atoms with Gasteiger partial charge < -0.3 is 20.9 Å². The molecule has 0 atom stereocenters. The van der Waals surface area contributed by atoms with E-state index < -0.39 is 0 Å². The fourth-order valence-corrected chi connectivity index (χ4v) is 3.04. The zero-order chi connectivity index (χ0) is 13.1. The first-order chi connectivity index (χ1) is 9.34. The van der Waals surface area contributed by atoms with Crippen LogP contribution in [0.25, 0.3) is 5.73 Å². The van der Waals surface area contributed by atoms with Gasteiger partial charge in [-0.2, -0.15) is 0 Å². The van der Waals surface area contributed by atoms with Gasteiger partial charge in [0.05, 0.1) is 0 Å². The second-order valence-electron chi connectivity index (χ2n) is 5.49. The fourth-order valence-electron chi connectivity index (χ4n) is 3.04. The Kier molecular flexibility index (Phi) is 6.12. The van der Waals surface area contributed by atoms with E-state index in [-0.39, 0.29) is 32.7 Å². The molecule has 2 aliphatic rings. The van der Waals surface area contributed by atoms with Crippen molar-refractivity contribution in [3.05, 3.63) is 23.9 Å². The maximum atomic E-state index is 8.15. The third-order valence-corrected chi connectivity index (χ3v) is 4.16. The van der Waals surface area contributed by atoms with Crippen LogP contribution >= 0.6 is 0 Å². The number of piperazine rings is 1. The monoisotopic (exact) mass is 348 g/mol. The van der Waals surface area contributed by atoms with Gasteiger partial charge in [-0.1, -0.05) is 6.07 Å². The molecular formula is C15H23N4Y-. The van der Waals surface area contributed by atoms with E-state index in [2.05, 4.69) is 27.2 Å². The number of rotatable bonds is 2. The molecule has 3 rings (SSSR count). The van der Waals surface area contributed by atoms with Gasteiger partial charge >= 0.3 is 0 Å². The van der Waals surface area contributed by atoms with Crippen LogP contribution < -0.4 is 15.1 Å². The Bertz CT molecular complexity index is 426. The number of hydrogen-bond donors (Lipinski definition) is 1. The molecule has 0 spiro atoms. The molecule has 1 radical (unpaired) electrons. The molecule has 1 aromatic rings. The predicted molar refractivity (Wildman–Crippen MR) is 81.6 cm³/mol. The van der Waals surface area contributed by atoms with Crippen molar-refractivity contribution in [3.63, 3.8) is 0 Å². The maximum absolute atomic E-state index is 8.15. The van der Waals surface area contributed by atoms with E-state index in [1.54, 1.807) is 0 Å². The van der Waals surface area contributed by atoms with Crippen LogP contribution in [0, 0.1) is 0 Å². The molecule has 0 aromatic heterocycles. The van der Waals surface area contributed by atoms with Crippen molar-refractivity contribution in [2.45, 2.75) is 19.3 Å². The summed E-state index contributed by atoms with van der Waals surface area (Å²) >= 11 is 0. The van der Waals surface area contributed by atoms with Crippen LogP contribution in [0.15, 0.2) is 18.2 Å². The SMILES string of the molecule is [NH-]c1ccc(N2CCNCC2)cc1N1CCCCC1.[Y]. The molecule has 2 aliphatic heterocycles. The van der Waals surface area contributed by atoms with Crippen LogP contribution in [0.3, 0.4) is 0 Å². The summed E-state index contributed by atoms with van der Waals surface area (Å²) in [6.45, 7) is 6.46. The molecular weight excluding hydrogens is 325 g/mol. The van der Waals surface area contributed by atoms with E-state index in [4.69, 9.17) is 5.73 Å². The van der Waals surface area contributed by atoms with Gasteiger partial charge in [-0.25, -0.2) is 0 Å². The minimum Gasteiger partial charge on any atom is -0.697 e. The van der Waals surface area contributed by atoms with Gasteiger partial charge in [0.25, 0.3) is 0 Å². The second kappa shape index (κ2) is 7.62. The Morgan fingerprint density at radius 1 is 0.900 bits per heavy atom. The van der Waals surface area contributed by atoms with Gasteiger partial charge in [-0.05, 0) is 31.4 Å². The average molecular weight is 348 g/mol. The van der Waals surface area contributed by atoms with E-state index in [0.29, 0.717) is 5.69 Å². The van der Waals surface area contributed by atoms with Gasteiger partial charge in [0.1, 0.15) is 0 Å². The molecule has 0 bridgehead atoms. The van der Waals surface area contributed by atoms with Gasteiger partial charge in [0.15, 0.2) is 0 Å². The number of benzene rings is 1. The first-order valence-corrected chi connectivity index (χ1v) is 7.41. The van der Waals surface area contributed by atoms with Gasteiger partial charge in [-0.3, -0.25) is 0 Å². The molecule has 20 heavy (non-hydrogen) atoms. The van der Waals surface area contributed by atoms with Crippen LogP contribution in [-0.2, 0) is 32.7 Å². The zero-order valence-electron chi connectivity index (χ0n) is 12.1. The van der Waals surface area contributed by atoms with Crippen molar-refractivity contribution in [1.82, 2.24) is 5.32 Å². The Hall–Kier alpha value is -0.316. The molecule has 5 heteroatoms. The number of piperidine rings is 1. The molecule has 0 unspecified atom stereocenters. The fraction of sp³-hybridized carbons (Fsp3) is 0.600. The normalized spacial score (nSPS) is 19.6. The third-order valence-electron chi connectivity index (χ3n) is 4.16. The molecule has 1 aromatic carbocycles. The minimum absolute atomic E-state index is 0. The number of nitrogens with one attached hydrogen (secondary N) is 2. The summed E-state index contributed by atoms with van der Waals surface area (Å²) in [4.78, 5) is 4.81. The van der Waals surface area contributed by atoms with Gasteiger partial charge in [0.2, 0.25) is 0 Å². The summed E-state index contributed by atoms with van der Waals surface area (Å²) in [5, 5.41) is 3.38. The van der Waals surface area contributed by atoms with Crippen molar-refractivity contribution in [3.8, 4) is 0 Å². The summed E-state index contributed by atoms with van der Waals surface area (Å²) in [6, 6.07) is 6.28. The standard InChI is InChI=1S/C15H23N4.Y/c16-14-5-4-13(18-10-6-17-7-11-18)12-15(14)19-8-2-1-3-9-19;/h4-5,12,16-17H,1-3,6-11H2;/q-1;. The third kappa shape index (κ3) is 3.66. The Morgan fingerprint density at radius 2 is 1.60 bits per heavy atom. The molecule has 0 aliphatic carbocycles. The summed E-state index contributed by atoms with van der Waals surface area (Å²) in [7, 11) is 0. The van der Waals surface area contributed by atoms with Crippen LogP contribution in [0.1, 0.15) is 19.3 Å². The van der Waals surface area contributed by atoms with Crippen molar-refractivity contribution >= 4 is 17.1 Å². The molecule has 2 N–H and O–H groups in total. The van der Waals surface area contributed by atoms with Gasteiger partial charge in [-0.15, -0.1) is 5.69 Å². The van der Waals surface area contributed by atoms with Crippen molar-refractivity contribution in [2.75, 3.05) is 49.1 Å². The maximum Gasteiger partial charge on any atom is 0.0386 e. The minimum atomic E-state index is 0. The first kappa shape index (κ1) is 16.1. The van der Waals surface area contributed by atoms with E-state index >= 15 is 0 Å². The number of hydrogen-bond acceptors (Lipinski definition) is 3. The average Bonchev–Trinajstić information content (AvgIpc) is 2.49. The van der Waals surface area contributed by atoms with E-state index in [9.17, 15) is 0 Å². The summed E-state index contributed by atoms with van der Waals surface area (Å²) in [5.41, 5.74) is 11.2.